The average Bonchev–Trinajstić information content (AvgIpc) is 2.89. The van der Waals surface area contributed by atoms with Gasteiger partial charge >= 0.3 is 0 Å². The Morgan fingerprint density at radius 2 is 1.81 bits per heavy atom. The van der Waals surface area contributed by atoms with Crippen LogP contribution in [0, 0.1) is 4.64 Å². The number of nitrogens with zero attached hydrogens (tertiary/aromatic N) is 2. The van der Waals surface area contributed by atoms with Crippen molar-refractivity contribution in [1.29, 1.82) is 0 Å². The number of imidazole rings is 1. The first-order valence-corrected chi connectivity index (χ1v) is 7.75. The van der Waals surface area contributed by atoms with Crippen LogP contribution in [0.1, 0.15) is 35.7 Å². The van der Waals surface area contributed by atoms with Crippen molar-refractivity contribution in [3.63, 3.8) is 0 Å². The van der Waals surface area contributed by atoms with Gasteiger partial charge in [-0.25, -0.2) is 9.97 Å². The molecule has 0 atom stereocenters. The van der Waals surface area contributed by atoms with Gasteiger partial charge in [-0.15, -0.1) is 0 Å². The number of H-pyrrole nitrogens is 2. The van der Waals surface area contributed by atoms with Gasteiger partial charge in [-0.3, -0.25) is 0 Å². The molecular formula is C16H16N4S. The van der Waals surface area contributed by atoms with Crippen molar-refractivity contribution in [3.8, 4) is 0 Å². The lowest BCUT2D eigenvalue weighted by Crippen LogP contribution is -2.11. The zero-order valence-electron chi connectivity index (χ0n) is 11.6. The minimum absolute atomic E-state index is 0.658. The fraction of sp³-hybridized carbons (Fsp3) is 0.312. The zero-order valence-corrected chi connectivity index (χ0v) is 12.5. The molecule has 1 aromatic carbocycles. The minimum atomic E-state index is 0.658. The summed E-state index contributed by atoms with van der Waals surface area (Å²) in [5.74, 6) is 1.82. The third-order valence-corrected chi connectivity index (χ3v) is 4.37. The van der Waals surface area contributed by atoms with Crippen LogP contribution in [-0.2, 0) is 19.3 Å². The van der Waals surface area contributed by atoms with Crippen molar-refractivity contribution in [3.05, 3.63) is 51.8 Å². The van der Waals surface area contributed by atoms with Crippen LogP contribution in [-0.4, -0.2) is 19.9 Å². The summed E-state index contributed by atoms with van der Waals surface area (Å²) < 4.78 is 0.759. The number of benzene rings is 1. The Kier molecular flexibility index (Phi) is 3.07. The quantitative estimate of drug-likeness (QED) is 0.712. The van der Waals surface area contributed by atoms with Crippen LogP contribution in [0.4, 0.5) is 0 Å². The molecule has 21 heavy (non-hydrogen) atoms. The Hall–Kier alpha value is -2.01. The molecule has 5 heteroatoms. The Morgan fingerprint density at radius 1 is 1.00 bits per heavy atom. The van der Waals surface area contributed by atoms with Crippen LogP contribution in [0.2, 0.25) is 0 Å². The molecule has 0 bridgehead atoms. The van der Waals surface area contributed by atoms with Crippen LogP contribution in [0.25, 0.3) is 11.0 Å². The van der Waals surface area contributed by atoms with E-state index in [0.29, 0.717) is 6.42 Å². The summed E-state index contributed by atoms with van der Waals surface area (Å²) in [6.45, 7) is 0. The van der Waals surface area contributed by atoms with Gasteiger partial charge in [-0.1, -0.05) is 24.4 Å². The number of rotatable bonds is 2. The summed E-state index contributed by atoms with van der Waals surface area (Å²) >= 11 is 5.45. The topological polar surface area (TPSA) is 57.4 Å². The SMILES string of the molecule is S=c1nc(Cc2nc3ccccc3[nH]2)[nH]c2c1CCCC2. The van der Waals surface area contributed by atoms with E-state index in [1.54, 1.807) is 0 Å². The van der Waals surface area contributed by atoms with Crippen molar-refractivity contribution in [2.45, 2.75) is 32.1 Å². The molecule has 0 fully saturated rings. The highest BCUT2D eigenvalue weighted by Gasteiger charge is 2.14. The fourth-order valence-electron chi connectivity index (χ4n) is 3.00. The zero-order chi connectivity index (χ0) is 14.2. The molecule has 0 saturated heterocycles. The molecule has 0 amide bonds. The van der Waals surface area contributed by atoms with Gasteiger partial charge in [0.15, 0.2) is 0 Å². The second-order valence-electron chi connectivity index (χ2n) is 5.53. The monoisotopic (exact) mass is 296 g/mol. The van der Waals surface area contributed by atoms with Crippen molar-refractivity contribution in [2.75, 3.05) is 0 Å². The second-order valence-corrected chi connectivity index (χ2v) is 5.92. The smallest absolute Gasteiger partial charge is 0.133 e. The number of fused-ring (bicyclic) bond motifs is 2. The first-order valence-electron chi connectivity index (χ1n) is 7.34. The first kappa shape index (κ1) is 12.7. The number of aromatic nitrogens is 4. The van der Waals surface area contributed by atoms with Gasteiger partial charge in [0.05, 0.1) is 17.5 Å². The molecule has 0 aliphatic heterocycles. The molecule has 1 aliphatic carbocycles. The third-order valence-electron chi connectivity index (χ3n) is 4.03. The van der Waals surface area contributed by atoms with Gasteiger partial charge in [0.1, 0.15) is 16.3 Å². The van der Waals surface area contributed by atoms with E-state index in [0.717, 1.165) is 40.2 Å². The highest BCUT2D eigenvalue weighted by Crippen LogP contribution is 2.20. The Labute approximate surface area is 127 Å². The second kappa shape index (κ2) is 5.07. The molecule has 2 aromatic heterocycles. The van der Waals surface area contributed by atoms with Gasteiger partial charge in [0, 0.05) is 11.3 Å². The number of hydrogen-bond donors (Lipinski definition) is 2. The number of aromatic amines is 2. The lowest BCUT2D eigenvalue weighted by molar-refractivity contribution is 0.652. The number of hydrogen-bond acceptors (Lipinski definition) is 3. The van der Waals surface area contributed by atoms with E-state index in [4.69, 9.17) is 12.2 Å². The van der Waals surface area contributed by atoms with Crippen LogP contribution in [0.3, 0.4) is 0 Å². The van der Waals surface area contributed by atoms with Crippen LogP contribution >= 0.6 is 12.2 Å². The molecular weight excluding hydrogens is 280 g/mol. The fourth-order valence-corrected chi connectivity index (χ4v) is 3.34. The molecule has 0 radical (unpaired) electrons. The van der Waals surface area contributed by atoms with E-state index >= 15 is 0 Å². The summed E-state index contributed by atoms with van der Waals surface area (Å²) in [6.07, 6.45) is 5.24. The predicted octanol–water partition coefficient (Wildman–Crippen LogP) is 3.49. The molecule has 106 valence electrons. The van der Waals surface area contributed by atoms with E-state index in [-0.39, 0.29) is 0 Å². The molecule has 4 rings (SSSR count). The van der Waals surface area contributed by atoms with Gasteiger partial charge in [0.2, 0.25) is 0 Å². The lowest BCUT2D eigenvalue weighted by Gasteiger charge is -2.16. The number of aryl methyl sites for hydroxylation is 1. The summed E-state index contributed by atoms with van der Waals surface area (Å²) in [7, 11) is 0. The first-order chi connectivity index (χ1) is 10.3. The highest BCUT2D eigenvalue weighted by atomic mass is 32.1. The predicted molar refractivity (Wildman–Crippen MR) is 85.0 cm³/mol. The third kappa shape index (κ3) is 2.38. The van der Waals surface area contributed by atoms with Crippen molar-refractivity contribution in [2.24, 2.45) is 0 Å². The lowest BCUT2D eigenvalue weighted by atomic mass is 9.97. The van der Waals surface area contributed by atoms with E-state index in [9.17, 15) is 0 Å². The molecule has 3 aromatic rings. The molecule has 4 nitrogen and oxygen atoms in total. The number of nitrogens with one attached hydrogen (secondary N) is 2. The van der Waals surface area contributed by atoms with Gasteiger partial charge in [-0.05, 0) is 37.8 Å². The maximum atomic E-state index is 5.45. The van der Waals surface area contributed by atoms with E-state index in [1.165, 1.54) is 24.1 Å². The minimum Gasteiger partial charge on any atom is -0.346 e. The largest absolute Gasteiger partial charge is 0.346 e. The van der Waals surface area contributed by atoms with E-state index < -0.39 is 0 Å². The molecule has 2 heterocycles. The van der Waals surface area contributed by atoms with Crippen molar-refractivity contribution in [1.82, 2.24) is 19.9 Å². The Balaban J connectivity index is 1.70. The Morgan fingerprint density at radius 3 is 2.71 bits per heavy atom. The Bertz CT molecular complexity index is 829. The maximum Gasteiger partial charge on any atom is 0.133 e. The standard InChI is InChI=1S/C16H16N4S/c21-16-10-5-1-2-6-11(10)17-15(20-16)9-14-18-12-7-3-4-8-13(12)19-14/h3-4,7-8H,1-2,5-6,9H2,(H,18,19)(H,17,20,21). The number of para-hydroxylation sites is 2. The molecule has 0 spiro atoms. The summed E-state index contributed by atoms with van der Waals surface area (Å²) in [5, 5.41) is 0. The molecule has 0 unspecified atom stereocenters. The van der Waals surface area contributed by atoms with Crippen molar-refractivity contribution >= 4 is 23.3 Å². The van der Waals surface area contributed by atoms with Crippen LogP contribution < -0.4 is 0 Å². The van der Waals surface area contributed by atoms with Gasteiger partial charge in [0.25, 0.3) is 0 Å². The van der Waals surface area contributed by atoms with Gasteiger partial charge < -0.3 is 9.97 Å². The van der Waals surface area contributed by atoms with Gasteiger partial charge in [-0.2, -0.15) is 0 Å². The highest BCUT2D eigenvalue weighted by molar-refractivity contribution is 7.71. The van der Waals surface area contributed by atoms with E-state index in [2.05, 4.69) is 19.9 Å². The summed E-state index contributed by atoms with van der Waals surface area (Å²) in [6, 6.07) is 8.05. The van der Waals surface area contributed by atoms with Crippen molar-refractivity contribution < 1.29 is 0 Å². The molecule has 2 N–H and O–H groups in total. The molecule has 0 saturated carbocycles. The van der Waals surface area contributed by atoms with Crippen LogP contribution in [0.15, 0.2) is 24.3 Å². The van der Waals surface area contributed by atoms with E-state index in [1.807, 2.05) is 24.3 Å². The summed E-state index contributed by atoms with van der Waals surface area (Å²) in [4.78, 5) is 16.0. The molecule has 1 aliphatic rings. The average molecular weight is 296 g/mol. The normalized spacial score (nSPS) is 14.3. The summed E-state index contributed by atoms with van der Waals surface area (Å²) in [5.41, 5.74) is 4.56. The van der Waals surface area contributed by atoms with Crippen LogP contribution in [0.5, 0.6) is 0 Å². The maximum absolute atomic E-state index is 5.45.